The van der Waals surface area contributed by atoms with Gasteiger partial charge in [0.25, 0.3) is 0 Å². The van der Waals surface area contributed by atoms with E-state index in [1.165, 1.54) is 11.8 Å². The monoisotopic (exact) mass is 234 g/mol. The van der Waals surface area contributed by atoms with Crippen LogP contribution in [0.25, 0.3) is 0 Å². The minimum absolute atomic E-state index is 0.164. The van der Waals surface area contributed by atoms with Crippen LogP contribution in [0, 0.1) is 12.7 Å². The predicted octanol–water partition coefficient (Wildman–Crippen LogP) is 3.62. The number of thioether (sulfide) groups is 1. The molecule has 0 saturated carbocycles. The van der Waals surface area contributed by atoms with E-state index in [4.69, 9.17) is 0 Å². The number of benzene rings is 1. The smallest absolute Gasteiger partial charge is 0.150 e. The third-order valence-corrected chi connectivity index (χ3v) is 2.67. The van der Waals surface area contributed by atoms with Crippen LogP contribution >= 0.6 is 27.7 Å². The summed E-state index contributed by atoms with van der Waals surface area (Å²) in [6, 6.07) is 3.61. The van der Waals surface area contributed by atoms with Crippen molar-refractivity contribution in [3.63, 3.8) is 0 Å². The number of aryl methyl sites for hydroxylation is 1. The number of rotatable bonds is 1. The van der Waals surface area contributed by atoms with E-state index in [0.717, 1.165) is 5.56 Å². The lowest BCUT2D eigenvalue weighted by Crippen LogP contribution is -1.84. The largest absolute Gasteiger partial charge is 0.205 e. The van der Waals surface area contributed by atoms with E-state index in [1.54, 1.807) is 6.07 Å². The minimum Gasteiger partial charge on any atom is -0.205 e. The molecule has 0 N–H and O–H groups in total. The fraction of sp³-hybridized carbons (Fsp3) is 0.250. The molecule has 0 aliphatic carbocycles. The van der Waals surface area contributed by atoms with E-state index >= 15 is 0 Å². The van der Waals surface area contributed by atoms with Crippen molar-refractivity contribution in [2.24, 2.45) is 0 Å². The molecule has 0 unspecified atom stereocenters. The highest BCUT2D eigenvalue weighted by atomic mass is 79.9. The van der Waals surface area contributed by atoms with Crippen LogP contribution < -0.4 is 0 Å². The second-order valence-electron chi connectivity index (χ2n) is 2.26. The van der Waals surface area contributed by atoms with Crippen LogP contribution in [-0.2, 0) is 0 Å². The maximum Gasteiger partial charge on any atom is 0.150 e. The number of halogens is 2. The Morgan fingerprint density at radius 1 is 1.45 bits per heavy atom. The van der Waals surface area contributed by atoms with Gasteiger partial charge >= 0.3 is 0 Å². The van der Waals surface area contributed by atoms with Crippen LogP contribution in [0.4, 0.5) is 4.39 Å². The first-order valence-electron chi connectivity index (χ1n) is 3.15. The Balaban J connectivity index is 3.24. The van der Waals surface area contributed by atoms with Gasteiger partial charge in [0.1, 0.15) is 0 Å². The molecular weight excluding hydrogens is 227 g/mol. The standard InChI is InChI=1S/C8H8BrFS/c1-5-3-6(9)8(10)7(4-5)11-2/h3-4H,1-2H3. The van der Waals surface area contributed by atoms with Gasteiger partial charge in [0, 0.05) is 4.90 Å². The van der Waals surface area contributed by atoms with Gasteiger partial charge in [0.2, 0.25) is 0 Å². The first-order valence-corrected chi connectivity index (χ1v) is 5.16. The molecular formula is C8H8BrFS. The molecule has 1 aromatic carbocycles. The fourth-order valence-electron chi connectivity index (χ4n) is 0.841. The summed E-state index contributed by atoms with van der Waals surface area (Å²) in [6.45, 7) is 1.95. The summed E-state index contributed by atoms with van der Waals surface area (Å²) in [7, 11) is 0. The predicted molar refractivity (Wildman–Crippen MR) is 50.6 cm³/mol. The third-order valence-electron chi connectivity index (χ3n) is 1.36. The highest BCUT2D eigenvalue weighted by Gasteiger charge is 2.05. The van der Waals surface area contributed by atoms with E-state index in [2.05, 4.69) is 15.9 Å². The Bertz CT molecular complexity index is 273. The van der Waals surface area contributed by atoms with E-state index in [-0.39, 0.29) is 5.82 Å². The number of hydrogen-bond donors (Lipinski definition) is 0. The summed E-state index contributed by atoms with van der Waals surface area (Å²) in [6.07, 6.45) is 1.87. The molecule has 0 nitrogen and oxygen atoms in total. The second kappa shape index (κ2) is 3.59. The molecule has 11 heavy (non-hydrogen) atoms. The van der Waals surface area contributed by atoms with Crippen molar-refractivity contribution in [1.82, 2.24) is 0 Å². The van der Waals surface area contributed by atoms with Crippen molar-refractivity contribution < 1.29 is 4.39 Å². The topological polar surface area (TPSA) is 0 Å². The first-order chi connectivity index (χ1) is 5.15. The molecule has 0 aliphatic rings. The molecule has 0 heterocycles. The molecule has 3 heteroatoms. The van der Waals surface area contributed by atoms with Gasteiger partial charge in [0.15, 0.2) is 5.82 Å². The molecule has 0 fully saturated rings. The Morgan fingerprint density at radius 3 is 2.64 bits per heavy atom. The second-order valence-corrected chi connectivity index (χ2v) is 3.97. The van der Waals surface area contributed by atoms with Gasteiger partial charge < -0.3 is 0 Å². The van der Waals surface area contributed by atoms with Crippen LogP contribution in [0.5, 0.6) is 0 Å². The average molecular weight is 235 g/mol. The molecule has 0 radical (unpaired) electrons. The Kier molecular flexibility index (Phi) is 2.96. The summed E-state index contributed by atoms with van der Waals surface area (Å²) < 4.78 is 13.7. The van der Waals surface area contributed by atoms with Crippen molar-refractivity contribution in [2.45, 2.75) is 11.8 Å². The quantitative estimate of drug-likeness (QED) is 0.670. The summed E-state index contributed by atoms with van der Waals surface area (Å²) in [5, 5.41) is 0. The summed E-state index contributed by atoms with van der Waals surface area (Å²) in [4.78, 5) is 0.692. The molecule has 1 aromatic rings. The fourth-order valence-corrected chi connectivity index (χ4v) is 2.14. The molecule has 0 aliphatic heterocycles. The van der Waals surface area contributed by atoms with E-state index in [9.17, 15) is 4.39 Å². The van der Waals surface area contributed by atoms with E-state index in [1.807, 2.05) is 19.2 Å². The highest BCUT2D eigenvalue weighted by Crippen LogP contribution is 2.26. The summed E-state index contributed by atoms with van der Waals surface area (Å²) in [5.41, 5.74) is 1.07. The summed E-state index contributed by atoms with van der Waals surface area (Å²) >= 11 is 4.57. The Hall–Kier alpha value is -0.0200. The van der Waals surface area contributed by atoms with Crippen molar-refractivity contribution >= 4 is 27.7 Å². The molecule has 60 valence electrons. The lowest BCUT2D eigenvalue weighted by atomic mass is 10.2. The molecule has 0 bridgehead atoms. The lowest BCUT2D eigenvalue weighted by Gasteiger charge is -2.02. The first kappa shape index (κ1) is 9.07. The zero-order chi connectivity index (χ0) is 8.43. The average Bonchev–Trinajstić information content (AvgIpc) is 1.96. The Labute approximate surface area is 78.3 Å². The van der Waals surface area contributed by atoms with Crippen molar-refractivity contribution in [2.75, 3.05) is 6.26 Å². The third kappa shape index (κ3) is 1.97. The molecule has 0 spiro atoms. The van der Waals surface area contributed by atoms with E-state index in [0.29, 0.717) is 9.37 Å². The Morgan fingerprint density at radius 2 is 2.09 bits per heavy atom. The van der Waals surface area contributed by atoms with Crippen molar-refractivity contribution in [3.05, 3.63) is 28.0 Å². The van der Waals surface area contributed by atoms with Crippen LogP contribution in [-0.4, -0.2) is 6.26 Å². The molecule has 0 aromatic heterocycles. The van der Waals surface area contributed by atoms with Gasteiger partial charge in [-0.2, -0.15) is 0 Å². The lowest BCUT2D eigenvalue weighted by molar-refractivity contribution is 0.594. The van der Waals surface area contributed by atoms with Crippen LogP contribution in [0.15, 0.2) is 21.5 Å². The normalized spacial score (nSPS) is 10.2. The maximum atomic E-state index is 13.1. The van der Waals surface area contributed by atoms with Gasteiger partial charge in [-0.15, -0.1) is 11.8 Å². The maximum absolute atomic E-state index is 13.1. The zero-order valence-corrected chi connectivity index (χ0v) is 8.72. The van der Waals surface area contributed by atoms with Crippen molar-refractivity contribution in [3.8, 4) is 0 Å². The number of hydrogen-bond acceptors (Lipinski definition) is 1. The van der Waals surface area contributed by atoms with Crippen molar-refractivity contribution in [1.29, 1.82) is 0 Å². The zero-order valence-electron chi connectivity index (χ0n) is 6.32. The van der Waals surface area contributed by atoms with Crippen LogP contribution in [0.3, 0.4) is 0 Å². The SMILES string of the molecule is CSc1cc(C)cc(Br)c1F. The van der Waals surface area contributed by atoms with Gasteiger partial charge in [0.05, 0.1) is 4.47 Å². The van der Waals surface area contributed by atoms with Gasteiger partial charge in [-0.05, 0) is 46.8 Å². The van der Waals surface area contributed by atoms with E-state index < -0.39 is 0 Å². The molecule has 0 amide bonds. The highest BCUT2D eigenvalue weighted by molar-refractivity contribution is 9.10. The van der Waals surface area contributed by atoms with Gasteiger partial charge in [-0.3, -0.25) is 0 Å². The molecule has 1 rings (SSSR count). The summed E-state index contributed by atoms with van der Waals surface area (Å²) in [5.74, 6) is -0.164. The molecule has 0 atom stereocenters. The molecule has 0 saturated heterocycles. The van der Waals surface area contributed by atoms with Crippen LogP contribution in [0.2, 0.25) is 0 Å². The minimum atomic E-state index is -0.164. The van der Waals surface area contributed by atoms with Gasteiger partial charge in [-0.25, -0.2) is 4.39 Å². The van der Waals surface area contributed by atoms with Gasteiger partial charge in [-0.1, -0.05) is 0 Å². The van der Waals surface area contributed by atoms with Crippen LogP contribution in [0.1, 0.15) is 5.56 Å².